The van der Waals surface area contributed by atoms with Gasteiger partial charge in [0.2, 0.25) is 0 Å². The van der Waals surface area contributed by atoms with E-state index in [2.05, 4.69) is 15.0 Å². The summed E-state index contributed by atoms with van der Waals surface area (Å²) in [6.45, 7) is 1.90. The molecule has 0 saturated carbocycles. The highest BCUT2D eigenvalue weighted by molar-refractivity contribution is 6.31. The Bertz CT molecular complexity index is 844. The van der Waals surface area contributed by atoms with Gasteiger partial charge in [0.1, 0.15) is 12.4 Å². The second kappa shape index (κ2) is 5.38. The van der Waals surface area contributed by atoms with Crippen LogP contribution in [0.25, 0.3) is 22.3 Å². The molecule has 3 aromatic rings. The van der Waals surface area contributed by atoms with Crippen LogP contribution in [-0.2, 0) is 11.2 Å². The number of methoxy groups -OCH3 is 1. The third-order valence-electron chi connectivity index (χ3n) is 3.13. The number of rotatable bonds is 3. The zero-order valence-electron chi connectivity index (χ0n) is 11.6. The number of nitrogens with zero attached hydrogens (tertiary/aromatic N) is 4. The van der Waals surface area contributed by atoms with Crippen LogP contribution < -0.4 is 0 Å². The number of aromatic nitrogens is 4. The molecule has 0 amide bonds. The van der Waals surface area contributed by atoms with Gasteiger partial charge in [-0.1, -0.05) is 18.5 Å². The third-order valence-corrected chi connectivity index (χ3v) is 3.36. The number of halogens is 1. The zero-order valence-corrected chi connectivity index (χ0v) is 12.4. The number of hydrogen-bond acceptors (Lipinski definition) is 5. The lowest BCUT2D eigenvalue weighted by Gasteiger charge is -2.05. The number of hydrogen-bond donors (Lipinski definition) is 0. The molecule has 0 radical (unpaired) electrons. The van der Waals surface area contributed by atoms with Crippen molar-refractivity contribution >= 4 is 39.8 Å². The number of imidazole rings is 1. The number of aryl methyl sites for hydroxylation is 1. The average Bonchev–Trinajstić information content (AvgIpc) is 2.82. The lowest BCUT2D eigenvalue weighted by Crippen LogP contribution is -2.19. The maximum atomic E-state index is 12.2. The second-order valence-corrected chi connectivity index (χ2v) is 4.98. The van der Waals surface area contributed by atoms with Gasteiger partial charge in [0.25, 0.3) is 5.91 Å². The Balaban J connectivity index is 2.30. The smallest absolute Gasteiger partial charge is 0.259 e. The molecular weight excluding hydrogens is 292 g/mol. The summed E-state index contributed by atoms with van der Waals surface area (Å²) >= 11 is 5.96. The third kappa shape index (κ3) is 2.36. The van der Waals surface area contributed by atoms with Gasteiger partial charge < -0.3 is 4.74 Å². The van der Waals surface area contributed by atoms with Crippen molar-refractivity contribution in [3.05, 3.63) is 29.0 Å². The highest BCUT2D eigenvalue weighted by Gasteiger charge is 2.18. The summed E-state index contributed by atoms with van der Waals surface area (Å²) in [6.07, 6.45) is 0.602. The van der Waals surface area contributed by atoms with E-state index in [0.717, 1.165) is 0 Å². The lowest BCUT2D eigenvalue weighted by atomic mass is 10.3. The average molecular weight is 305 g/mol. The molecule has 0 N–H and O–H groups in total. The Kier molecular flexibility index (Phi) is 3.57. The summed E-state index contributed by atoms with van der Waals surface area (Å²) < 4.78 is 6.39. The fourth-order valence-corrected chi connectivity index (χ4v) is 2.38. The Morgan fingerprint density at radius 1 is 1.29 bits per heavy atom. The highest BCUT2D eigenvalue weighted by atomic mass is 35.5. The quantitative estimate of drug-likeness (QED) is 0.743. The van der Waals surface area contributed by atoms with E-state index in [0.29, 0.717) is 39.6 Å². The van der Waals surface area contributed by atoms with Gasteiger partial charge in [-0.05, 0) is 18.2 Å². The molecule has 0 saturated heterocycles. The van der Waals surface area contributed by atoms with E-state index in [9.17, 15) is 4.79 Å². The van der Waals surface area contributed by atoms with E-state index in [1.807, 2.05) is 6.92 Å². The fourth-order valence-electron chi connectivity index (χ4n) is 2.22. The Hall–Kier alpha value is -2.05. The van der Waals surface area contributed by atoms with Gasteiger partial charge in [-0.25, -0.2) is 19.5 Å². The Morgan fingerprint density at radius 3 is 2.81 bits per heavy atom. The molecule has 0 unspecified atom stereocenters. The first-order valence-corrected chi connectivity index (χ1v) is 6.88. The molecule has 2 heterocycles. The fraction of sp³-hybridized carbons (Fsp3) is 0.286. The van der Waals surface area contributed by atoms with Crippen LogP contribution in [0.1, 0.15) is 17.5 Å². The van der Waals surface area contributed by atoms with Gasteiger partial charge in [-0.2, -0.15) is 0 Å². The molecule has 3 rings (SSSR count). The van der Waals surface area contributed by atoms with Gasteiger partial charge in [-0.15, -0.1) is 0 Å². The van der Waals surface area contributed by atoms with Gasteiger partial charge in [0, 0.05) is 18.6 Å². The predicted molar refractivity (Wildman–Crippen MR) is 79.7 cm³/mol. The Morgan fingerprint density at radius 2 is 2.10 bits per heavy atom. The van der Waals surface area contributed by atoms with E-state index < -0.39 is 0 Å². The summed E-state index contributed by atoms with van der Waals surface area (Å²) in [7, 11) is 1.48. The molecule has 0 fully saturated rings. The van der Waals surface area contributed by atoms with E-state index >= 15 is 0 Å². The lowest BCUT2D eigenvalue weighted by molar-refractivity contribution is 0.0763. The van der Waals surface area contributed by atoms with Gasteiger partial charge >= 0.3 is 0 Å². The monoisotopic (exact) mass is 304 g/mol. The molecular formula is C14H13ClN4O2. The van der Waals surface area contributed by atoms with Crippen molar-refractivity contribution in [2.24, 2.45) is 0 Å². The first-order chi connectivity index (χ1) is 10.1. The predicted octanol–water partition coefficient (Wildman–Crippen LogP) is 2.48. The molecule has 2 aromatic heterocycles. The van der Waals surface area contributed by atoms with Crippen molar-refractivity contribution in [2.75, 3.05) is 13.7 Å². The van der Waals surface area contributed by atoms with Crippen LogP contribution in [-0.4, -0.2) is 39.1 Å². The molecule has 108 valence electrons. The SMILES string of the molecule is CCc1nc2nc3cc(Cl)ccc3nc2n1C(=O)COC. The topological polar surface area (TPSA) is 69.9 Å². The highest BCUT2D eigenvalue weighted by Crippen LogP contribution is 2.20. The number of ether oxygens (including phenoxy) is 1. The normalized spacial score (nSPS) is 11.4. The van der Waals surface area contributed by atoms with Crippen LogP contribution >= 0.6 is 11.6 Å². The molecule has 0 atom stereocenters. The summed E-state index contributed by atoms with van der Waals surface area (Å²) in [4.78, 5) is 25.5. The first-order valence-electron chi connectivity index (χ1n) is 6.50. The van der Waals surface area contributed by atoms with Crippen LogP contribution in [0.5, 0.6) is 0 Å². The molecule has 0 spiro atoms. The van der Waals surface area contributed by atoms with Crippen LogP contribution in [0.2, 0.25) is 5.02 Å². The van der Waals surface area contributed by atoms with Crippen LogP contribution in [0.3, 0.4) is 0 Å². The van der Waals surface area contributed by atoms with E-state index in [4.69, 9.17) is 16.3 Å². The Labute approximate surface area is 125 Å². The van der Waals surface area contributed by atoms with Crippen molar-refractivity contribution in [1.29, 1.82) is 0 Å². The molecule has 7 heteroatoms. The number of benzene rings is 1. The molecule has 1 aromatic carbocycles. The van der Waals surface area contributed by atoms with E-state index in [-0.39, 0.29) is 12.5 Å². The minimum Gasteiger partial charge on any atom is -0.375 e. The minimum absolute atomic E-state index is 0.0290. The molecule has 0 aliphatic carbocycles. The molecule has 0 bridgehead atoms. The van der Waals surface area contributed by atoms with Gasteiger partial charge in [-0.3, -0.25) is 4.79 Å². The summed E-state index contributed by atoms with van der Waals surface area (Å²) in [5.41, 5.74) is 2.21. The number of carbonyl (C=O) groups excluding carboxylic acids is 1. The summed E-state index contributed by atoms with van der Waals surface area (Å²) in [6, 6.07) is 5.24. The number of fused-ring (bicyclic) bond motifs is 2. The molecule has 21 heavy (non-hydrogen) atoms. The van der Waals surface area contributed by atoms with Crippen molar-refractivity contribution in [2.45, 2.75) is 13.3 Å². The minimum atomic E-state index is -0.209. The molecule has 0 aliphatic rings. The van der Waals surface area contributed by atoms with Crippen molar-refractivity contribution in [3.63, 3.8) is 0 Å². The molecule has 6 nitrogen and oxygen atoms in total. The van der Waals surface area contributed by atoms with Gasteiger partial charge in [0.05, 0.1) is 11.0 Å². The summed E-state index contributed by atoms with van der Waals surface area (Å²) in [5, 5.41) is 0.585. The van der Waals surface area contributed by atoms with E-state index in [1.165, 1.54) is 11.7 Å². The van der Waals surface area contributed by atoms with Gasteiger partial charge in [0.15, 0.2) is 11.3 Å². The summed E-state index contributed by atoms with van der Waals surface area (Å²) in [5.74, 6) is 0.410. The maximum absolute atomic E-state index is 12.2. The van der Waals surface area contributed by atoms with Crippen molar-refractivity contribution in [3.8, 4) is 0 Å². The van der Waals surface area contributed by atoms with E-state index in [1.54, 1.807) is 18.2 Å². The van der Waals surface area contributed by atoms with Crippen LogP contribution in [0.4, 0.5) is 0 Å². The van der Waals surface area contributed by atoms with Crippen LogP contribution in [0.15, 0.2) is 18.2 Å². The standard InChI is InChI=1S/C14H13ClN4O2/c1-3-11-18-13-14(19(11)12(20)7-21-2)17-9-5-4-8(15)6-10(9)16-13/h4-6H,3,7H2,1-2H3. The zero-order chi connectivity index (χ0) is 15.0. The van der Waals surface area contributed by atoms with Crippen molar-refractivity contribution < 1.29 is 9.53 Å². The maximum Gasteiger partial charge on any atom is 0.259 e. The van der Waals surface area contributed by atoms with Crippen molar-refractivity contribution in [1.82, 2.24) is 19.5 Å². The molecule has 0 aliphatic heterocycles. The first kappa shape index (κ1) is 13.9. The number of carbonyl (C=O) groups is 1. The second-order valence-electron chi connectivity index (χ2n) is 4.55. The van der Waals surface area contributed by atoms with Crippen LogP contribution in [0, 0.1) is 0 Å². The largest absolute Gasteiger partial charge is 0.375 e.